The second-order valence-electron chi connectivity index (χ2n) is 18.3. The third-order valence-electron chi connectivity index (χ3n) is 14.3. The van der Waals surface area contributed by atoms with Crippen molar-refractivity contribution >= 4 is 44.6 Å². The van der Waals surface area contributed by atoms with Crippen LogP contribution in [0.4, 0.5) is 17.1 Å². The predicted octanol–water partition coefficient (Wildman–Crippen LogP) is 14.8. The summed E-state index contributed by atoms with van der Waals surface area (Å²) in [5, 5.41) is 2.31. The Morgan fingerprint density at radius 2 is 1.19 bits per heavy atom. The molecule has 2 heterocycles. The zero-order valence-corrected chi connectivity index (χ0v) is 34.1. The number of para-hydroxylation sites is 2. The number of ether oxygens (including phenoxy) is 1. The minimum Gasteiger partial charge on any atom is -0.484 e. The molecule has 59 heavy (non-hydrogen) atoms. The lowest BCUT2D eigenvalue weighted by molar-refractivity contribution is 0.213. The van der Waals surface area contributed by atoms with Gasteiger partial charge in [-0.25, -0.2) is 0 Å². The molecular formula is C56H45NO2. The molecule has 286 valence electrons. The van der Waals surface area contributed by atoms with Crippen LogP contribution in [0.1, 0.15) is 68.9 Å². The van der Waals surface area contributed by atoms with Crippen molar-refractivity contribution in [1.29, 1.82) is 0 Å². The zero-order chi connectivity index (χ0) is 39.8. The minimum atomic E-state index is -0.181. The van der Waals surface area contributed by atoms with Gasteiger partial charge in [-0.3, -0.25) is 0 Å². The van der Waals surface area contributed by atoms with E-state index in [0.29, 0.717) is 0 Å². The summed E-state index contributed by atoms with van der Waals surface area (Å²) in [7, 11) is 0. The number of anilines is 3. The summed E-state index contributed by atoms with van der Waals surface area (Å²) >= 11 is 0. The summed E-state index contributed by atoms with van der Waals surface area (Å²) < 4.78 is 13.8. The first-order valence-electron chi connectivity index (χ1n) is 21.0. The van der Waals surface area contributed by atoms with Gasteiger partial charge in [-0.1, -0.05) is 150 Å². The van der Waals surface area contributed by atoms with Gasteiger partial charge in [0.05, 0.1) is 0 Å². The number of allylic oxidation sites excluding steroid dienone is 3. The zero-order valence-electron chi connectivity index (χ0n) is 34.1. The van der Waals surface area contributed by atoms with Gasteiger partial charge in [0.15, 0.2) is 0 Å². The number of hydrogen-bond donors (Lipinski definition) is 0. The molecule has 1 aromatic heterocycles. The van der Waals surface area contributed by atoms with Crippen LogP contribution in [0.3, 0.4) is 0 Å². The highest BCUT2D eigenvalue weighted by Crippen LogP contribution is 2.59. The van der Waals surface area contributed by atoms with E-state index in [1.54, 1.807) is 0 Å². The van der Waals surface area contributed by atoms with Gasteiger partial charge >= 0.3 is 0 Å². The van der Waals surface area contributed by atoms with Crippen molar-refractivity contribution in [3.8, 4) is 28.0 Å². The molecule has 2 unspecified atom stereocenters. The predicted molar refractivity (Wildman–Crippen MR) is 243 cm³/mol. The normalized spacial score (nSPS) is 20.1. The summed E-state index contributed by atoms with van der Waals surface area (Å²) in [4.78, 5) is 2.45. The summed E-state index contributed by atoms with van der Waals surface area (Å²) in [6, 6.07) is 55.6. The molecule has 12 rings (SSSR count). The number of benzene rings is 7. The van der Waals surface area contributed by atoms with Crippen LogP contribution < -0.4 is 9.64 Å². The maximum atomic E-state index is 7.02. The fraction of sp³-hybridized carbons (Fsp3) is 0.179. The third kappa shape index (κ3) is 4.70. The van der Waals surface area contributed by atoms with Crippen LogP contribution in [0.15, 0.2) is 174 Å². The maximum absolute atomic E-state index is 7.02. The maximum Gasteiger partial charge on any atom is 0.143 e. The van der Waals surface area contributed by atoms with E-state index in [1.165, 1.54) is 61.2 Å². The van der Waals surface area contributed by atoms with Gasteiger partial charge in [0.1, 0.15) is 23.0 Å². The van der Waals surface area contributed by atoms with Crippen LogP contribution in [0.25, 0.3) is 49.8 Å². The van der Waals surface area contributed by atoms with Crippen LogP contribution in [0.5, 0.6) is 5.75 Å². The average molecular weight is 764 g/mol. The van der Waals surface area contributed by atoms with Crippen LogP contribution >= 0.6 is 0 Å². The van der Waals surface area contributed by atoms with Gasteiger partial charge in [-0.2, -0.15) is 0 Å². The Morgan fingerprint density at radius 1 is 0.542 bits per heavy atom. The van der Waals surface area contributed by atoms with Crippen molar-refractivity contribution in [3.63, 3.8) is 0 Å². The number of fused-ring (bicyclic) bond motifs is 13. The molecule has 4 aliphatic rings. The van der Waals surface area contributed by atoms with Crippen molar-refractivity contribution < 1.29 is 9.15 Å². The molecular weight excluding hydrogens is 719 g/mol. The van der Waals surface area contributed by atoms with Gasteiger partial charge in [0.25, 0.3) is 0 Å². The van der Waals surface area contributed by atoms with E-state index in [4.69, 9.17) is 9.15 Å². The molecule has 1 aliphatic heterocycles. The first kappa shape index (κ1) is 34.5. The Balaban J connectivity index is 1.06. The van der Waals surface area contributed by atoms with E-state index >= 15 is 0 Å². The van der Waals surface area contributed by atoms with Crippen molar-refractivity contribution in [3.05, 3.63) is 197 Å². The van der Waals surface area contributed by atoms with E-state index in [9.17, 15) is 0 Å². The first-order chi connectivity index (χ1) is 28.6. The van der Waals surface area contributed by atoms with E-state index in [-0.39, 0.29) is 22.3 Å². The molecule has 3 aliphatic carbocycles. The largest absolute Gasteiger partial charge is 0.484 e. The highest BCUT2D eigenvalue weighted by molar-refractivity contribution is 6.12. The SMILES string of the molecule is CC1(C)C2=C(c3cc(N(c4ccc(-c5ccccc5)cc4)c4ccc5c(c4)-c4c(ccc6c4oc4ccccc46)C5(C)C)ccc31)C1Oc3ccccc3C1(C)CC=C2. The molecule has 0 bridgehead atoms. The Kier molecular flexibility index (Phi) is 7.00. The van der Waals surface area contributed by atoms with Gasteiger partial charge in [-0.05, 0) is 99.5 Å². The van der Waals surface area contributed by atoms with Gasteiger partial charge in [0, 0.05) is 60.8 Å². The summed E-state index contributed by atoms with van der Waals surface area (Å²) in [6.45, 7) is 11.8. The van der Waals surface area contributed by atoms with E-state index in [2.05, 4.69) is 203 Å². The Morgan fingerprint density at radius 3 is 1.98 bits per heavy atom. The van der Waals surface area contributed by atoms with Crippen molar-refractivity contribution in [2.75, 3.05) is 4.90 Å². The van der Waals surface area contributed by atoms with Crippen LogP contribution in [0, 0.1) is 0 Å². The lowest BCUT2D eigenvalue weighted by Gasteiger charge is -2.31. The lowest BCUT2D eigenvalue weighted by atomic mass is 9.73. The monoisotopic (exact) mass is 763 g/mol. The van der Waals surface area contributed by atoms with Gasteiger partial charge < -0.3 is 14.1 Å². The lowest BCUT2D eigenvalue weighted by Crippen LogP contribution is -2.35. The van der Waals surface area contributed by atoms with E-state index < -0.39 is 0 Å². The number of rotatable bonds is 4. The standard InChI is InChI=1S/C56H45NO2/c1-54(2)44-29-26-38(33-42(44)51-46(54)18-13-31-56(5)45-17-10-12-20-49(45)59-53(51)56)57(36-23-21-35(22-24-36)34-14-7-6-8-15-34)37-25-28-43-41(32-37)50-47(55(43,3)4)30-27-40-39-16-9-11-19-48(39)58-52(40)50/h6-30,32-33,53H,31H2,1-5H3. The Hall–Kier alpha value is -6.58. The van der Waals surface area contributed by atoms with Crippen molar-refractivity contribution in [2.24, 2.45) is 0 Å². The topological polar surface area (TPSA) is 25.6 Å². The molecule has 2 atom stereocenters. The number of hydrogen-bond acceptors (Lipinski definition) is 3. The third-order valence-corrected chi connectivity index (χ3v) is 14.3. The molecule has 0 saturated carbocycles. The molecule has 3 nitrogen and oxygen atoms in total. The quantitative estimate of drug-likeness (QED) is 0.179. The van der Waals surface area contributed by atoms with Crippen LogP contribution in [0.2, 0.25) is 0 Å². The number of furan rings is 1. The van der Waals surface area contributed by atoms with Crippen LogP contribution in [-0.2, 0) is 16.2 Å². The van der Waals surface area contributed by atoms with E-state index in [0.717, 1.165) is 51.2 Å². The molecule has 3 heteroatoms. The van der Waals surface area contributed by atoms with Crippen molar-refractivity contribution in [1.82, 2.24) is 0 Å². The van der Waals surface area contributed by atoms with Crippen LogP contribution in [-0.4, -0.2) is 6.10 Å². The van der Waals surface area contributed by atoms with E-state index in [1.807, 2.05) is 0 Å². The average Bonchev–Trinajstić information content (AvgIpc) is 3.88. The highest BCUT2D eigenvalue weighted by atomic mass is 16.5. The van der Waals surface area contributed by atoms with Gasteiger partial charge in [-0.15, -0.1) is 0 Å². The fourth-order valence-corrected chi connectivity index (χ4v) is 11.1. The highest BCUT2D eigenvalue weighted by Gasteiger charge is 2.52. The smallest absolute Gasteiger partial charge is 0.143 e. The first-order valence-corrected chi connectivity index (χ1v) is 21.0. The Labute approximate surface area is 345 Å². The molecule has 0 spiro atoms. The fourth-order valence-electron chi connectivity index (χ4n) is 11.1. The second-order valence-corrected chi connectivity index (χ2v) is 18.3. The number of nitrogens with zero attached hydrogens (tertiary/aromatic N) is 1. The summed E-state index contributed by atoms with van der Waals surface area (Å²) in [5.41, 5.74) is 18.7. The molecule has 0 radical (unpaired) electrons. The minimum absolute atomic E-state index is 0.0933. The second kappa shape index (κ2) is 12.0. The van der Waals surface area contributed by atoms with Crippen molar-refractivity contribution in [2.45, 2.75) is 63.4 Å². The molecule has 0 N–H and O–H groups in total. The molecule has 0 amide bonds. The van der Waals surface area contributed by atoms with Gasteiger partial charge in [0.2, 0.25) is 0 Å². The molecule has 0 fully saturated rings. The molecule has 8 aromatic rings. The summed E-state index contributed by atoms with van der Waals surface area (Å²) in [5.74, 6) is 1.00. The molecule has 0 saturated heterocycles. The Bertz CT molecular complexity index is 3120. The summed E-state index contributed by atoms with van der Waals surface area (Å²) in [6.07, 6.45) is 5.62. The molecule has 7 aromatic carbocycles.